The Labute approximate surface area is 155 Å². The van der Waals surface area contributed by atoms with Crippen molar-refractivity contribution >= 4 is 23.4 Å². The molecular weight excluding hydrogens is 332 g/mol. The van der Waals surface area contributed by atoms with Gasteiger partial charge >= 0.3 is 12.0 Å². The van der Waals surface area contributed by atoms with E-state index in [-0.39, 0.29) is 24.7 Å². The third-order valence-corrected chi connectivity index (χ3v) is 4.98. The van der Waals surface area contributed by atoms with Crippen molar-refractivity contribution < 1.29 is 14.7 Å². The molecule has 0 heterocycles. The Morgan fingerprint density at radius 1 is 1.19 bits per heavy atom. The molecule has 26 heavy (non-hydrogen) atoms. The lowest BCUT2D eigenvalue weighted by Gasteiger charge is -2.42. The van der Waals surface area contributed by atoms with Gasteiger partial charge in [0.05, 0.1) is 6.54 Å². The highest BCUT2D eigenvalue weighted by atomic mass is 16.4. The lowest BCUT2D eigenvalue weighted by Crippen LogP contribution is -2.55. The minimum absolute atomic E-state index is 0.0523. The second kappa shape index (κ2) is 8.40. The summed E-state index contributed by atoms with van der Waals surface area (Å²) in [5.74, 6) is -0.812. The smallest absolute Gasteiger partial charge is 0.319 e. The number of nitrogens with zero attached hydrogens (tertiary/aromatic N) is 2. The molecule has 0 radical (unpaired) electrons. The van der Waals surface area contributed by atoms with Gasteiger partial charge in [-0.3, -0.25) is 9.69 Å². The fourth-order valence-electron chi connectivity index (χ4n) is 3.41. The van der Waals surface area contributed by atoms with Crippen molar-refractivity contribution in [3.8, 4) is 0 Å². The number of urea groups is 1. The quantitative estimate of drug-likeness (QED) is 0.694. The zero-order valence-electron chi connectivity index (χ0n) is 16.3. The van der Waals surface area contributed by atoms with Gasteiger partial charge in [0.15, 0.2) is 0 Å². The summed E-state index contributed by atoms with van der Waals surface area (Å²) >= 11 is 0. The number of carboxylic acids is 1. The van der Waals surface area contributed by atoms with Gasteiger partial charge in [-0.05, 0) is 56.5 Å². The predicted octanol–water partition coefficient (Wildman–Crippen LogP) is 2.43. The van der Waals surface area contributed by atoms with Gasteiger partial charge in [0.2, 0.25) is 0 Å². The summed E-state index contributed by atoms with van der Waals surface area (Å²) in [6, 6.07) is 4.20. The van der Waals surface area contributed by atoms with E-state index in [0.29, 0.717) is 6.54 Å². The number of benzene rings is 1. The fraction of sp³-hybridized carbons (Fsp3) is 0.579. The van der Waals surface area contributed by atoms with E-state index in [4.69, 9.17) is 5.11 Å². The first-order chi connectivity index (χ1) is 12.2. The van der Waals surface area contributed by atoms with Crippen LogP contribution in [-0.2, 0) is 4.79 Å². The van der Waals surface area contributed by atoms with Crippen LogP contribution in [0.25, 0.3) is 0 Å². The number of carbonyl (C=O) groups is 2. The Bertz CT molecular complexity index is 646. The highest BCUT2D eigenvalue weighted by Gasteiger charge is 2.34. The number of rotatable bonds is 7. The summed E-state index contributed by atoms with van der Waals surface area (Å²) in [7, 11) is 3.98. The van der Waals surface area contributed by atoms with Crippen molar-refractivity contribution in [3.63, 3.8) is 0 Å². The summed E-state index contributed by atoms with van der Waals surface area (Å²) in [5.41, 5.74) is 3.99. The number of aryl methyl sites for hydroxylation is 2. The van der Waals surface area contributed by atoms with E-state index in [1.165, 1.54) is 0 Å². The normalized spacial score (nSPS) is 19.0. The average molecular weight is 362 g/mol. The minimum atomic E-state index is -0.812. The van der Waals surface area contributed by atoms with Gasteiger partial charge in [-0.15, -0.1) is 0 Å². The summed E-state index contributed by atoms with van der Waals surface area (Å²) in [6.07, 6.45) is 1.57. The molecule has 0 aliphatic heterocycles. The Morgan fingerprint density at radius 3 is 2.23 bits per heavy atom. The highest BCUT2D eigenvalue weighted by Crippen LogP contribution is 2.28. The first kappa shape index (κ1) is 20.0. The van der Waals surface area contributed by atoms with Gasteiger partial charge in [0.25, 0.3) is 0 Å². The van der Waals surface area contributed by atoms with Gasteiger partial charge in [0.1, 0.15) is 0 Å². The maximum atomic E-state index is 12.3. The zero-order valence-corrected chi connectivity index (χ0v) is 16.3. The standard InChI is InChI=1S/C19H30N4O3/c1-6-23(11-17(24)25)16-9-14(10-16)20-19(26)21-18-12(2)7-15(22(4)5)8-13(18)3/h7-8,14,16H,6,9-11H2,1-5H3,(H,24,25)(H2,20,21,26). The zero-order chi connectivity index (χ0) is 19.4. The number of hydrogen-bond donors (Lipinski definition) is 3. The number of anilines is 2. The second-order valence-electron chi connectivity index (χ2n) is 7.23. The summed E-state index contributed by atoms with van der Waals surface area (Å²) in [4.78, 5) is 27.2. The van der Waals surface area contributed by atoms with E-state index >= 15 is 0 Å². The van der Waals surface area contributed by atoms with E-state index in [0.717, 1.165) is 35.3 Å². The molecule has 144 valence electrons. The molecular formula is C19H30N4O3. The number of amides is 2. The number of hydrogen-bond acceptors (Lipinski definition) is 4. The molecule has 2 amide bonds. The molecule has 2 rings (SSSR count). The topological polar surface area (TPSA) is 84.9 Å². The van der Waals surface area contributed by atoms with Crippen LogP contribution in [0.2, 0.25) is 0 Å². The molecule has 1 fully saturated rings. The van der Waals surface area contributed by atoms with Crippen LogP contribution in [0.1, 0.15) is 30.9 Å². The van der Waals surface area contributed by atoms with Crippen LogP contribution in [0.5, 0.6) is 0 Å². The number of carboxylic acid groups (broad SMARTS) is 1. The number of aliphatic carboxylic acids is 1. The predicted molar refractivity (Wildman–Crippen MR) is 104 cm³/mol. The third kappa shape index (κ3) is 4.88. The lowest BCUT2D eigenvalue weighted by atomic mass is 9.85. The maximum absolute atomic E-state index is 12.3. The number of carbonyl (C=O) groups excluding carboxylic acids is 1. The van der Waals surface area contributed by atoms with Gasteiger partial charge in [-0.2, -0.15) is 0 Å². The molecule has 0 atom stereocenters. The van der Waals surface area contributed by atoms with E-state index < -0.39 is 5.97 Å². The molecule has 7 heteroatoms. The molecule has 0 bridgehead atoms. The first-order valence-electron chi connectivity index (χ1n) is 9.03. The third-order valence-electron chi connectivity index (χ3n) is 4.98. The first-order valence-corrected chi connectivity index (χ1v) is 9.03. The maximum Gasteiger partial charge on any atom is 0.319 e. The Hall–Kier alpha value is -2.28. The fourth-order valence-corrected chi connectivity index (χ4v) is 3.41. The van der Waals surface area contributed by atoms with Gasteiger partial charge in [-0.25, -0.2) is 4.79 Å². The molecule has 1 aliphatic carbocycles. The Balaban J connectivity index is 1.88. The monoisotopic (exact) mass is 362 g/mol. The number of nitrogens with one attached hydrogen (secondary N) is 2. The molecule has 3 N–H and O–H groups in total. The van der Waals surface area contributed by atoms with Crippen LogP contribution in [-0.4, -0.2) is 61.3 Å². The van der Waals surface area contributed by atoms with Crippen LogP contribution < -0.4 is 15.5 Å². The van der Waals surface area contributed by atoms with Crippen molar-refractivity contribution in [1.82, 2.24) is 10.2 Å². The summed E-state index contributed by atoms with van der Waals surface area (Å²) in [6.45, 7) is 6.68. The summed E-state index contributed by atoms with van der Waals surface area (Å²) in [5, 5.41) is 14.9. The molecule has 0 spiro atoms. The van der Waals surface area contributed by atoms with E-state index in [1.54, 1.807) is 0 Å². The molecule has 1 aliphatic rings. The van der Waals surface area contributed by atoms with Crippen molar-refractivity contribution in [2.75, 3.05) is 37.4 Å². The van der Waals surface area contributed by atoms with Crippen LogP contribution >= 0.6 is 0 Å². The van der Waals surface area contributed by atoms with E-state index in [1.807, 2.05) is 56.8 Å². The number of likely N-dealkylation sites (N-methyl/N-ethyl adjacent to an activating group) is 1. The van der Waals surface area contributed by atoms with Gasteiger partial charge < -0.3 is 20.6 Å². The van der Waals surface area contributed by atoms with E-state index in [9.17, 15) is 9.59 Å². The lowest BCUT2D eigenvalue weighted by molar-refractivity contribution is -0.139. The second-order valence-corrected chi connectivity index (χ2v) is 7.23. The van der Waals surface area contributed by atoms with Crippen molar-refractivity contribution in [2.24, 2.45) is 0 Å². The Morgan fingerprint density at radius 2 is 1.77 bits per heavy atom. The molecule has 0 aromatic heterocycles. The summed E-state index contributed by atoms with van der Waals surface area (Å²) < 4.78 is 0. The van der Waals surface area contributed by atoms with Crippen LogP contribution in [0.3, 0.4) is 0 Å². The minimum Gasteiger partial charge on any atom is -0.480 e. The molecule has 1 aromatic rings. The van der Waals surface area contributed by atoms with E-state index in [2.05, 4.69) is 10.6 Å². The molecule has 1 aromatic carbocycles. The SMILES string of the molecule is CCN(CC(=O)O)C1CC(NC(=O)Nc2c(C)cc(N(C)C)cc2C)C1. The molecule has 0 saturated heterocycles. The van der Waals surface area contributed by atoms with Crippen LogP contribution in [0.15, 0.2) is 12.1 Å². The van der Waals surface area contributed by atoms with Crippen molar-refractivity contribution in [3.05, 3.63) is 23.3 Å². The van der Waals surface area contributed by atoms with Crippen molar-refractivity contribution in [2.45, 2.75) is 45.7 Å². The molecule has 7 nitrogen and oxygen atoms in total. The average Bonchev–Trinajstić information content (AvgIpc) is 2.51. The Kier molecular flexibility index (Phi) is 6.47. The van der Waals surface area contributed by atoms with Crippen LogP contribution in [0.4, 0.5) is 16.2 Å². The van der Waals surface area contributed by atoms with Gasteiger partial charge in [0, 0.05) is 37.6 Å². The van der Waals surface area contributed by atoms with Crippen LogP contribution in [0, 0.1) is 13.8 Å². The van der Waals surface area contributed by atoms with Crippen molar-refractivity contribution in [1.29, 1.82) is 0 Å². The molecule has 1 saturated carbocycles. The van der Waals surface area contributed by atoms with Gasteiger partial charge in [-0.1, -0.05) is 6.92 Å². The highest BCUT2D eigenvalue weighted by molar-refractivity contribution is 5.91. The molecule has 0 unspecified atom stereocenters. The largest absolute Gasteiger partial charge is 0.480 e.